The highest BCUT2D eigenvalue weighted by Crippen LogP contribution is 2.24. The van der Waals surface area contributed by atoms with Gasteiger partial charge >= 0.3 is 5.97 Å². The number of hydrogen-bond donors (Lipinski definition) is 1. The predicted molar refractivity (Wildman–Crippen MR) is 73.0 cm³/mol. The lowest BCUT2D eigenvalue weighted by molar-refractivity contribution is 0.0526. The number of nitrogens with one attached hydrogen (secondary N) is 1. The van der Waals surface area contributed by atoms with E-state index in [1.54, 1.807) is 37.3 Å². The van der Waals surface area contributed by atoms with Crippen LogP contribution in [0.3, 0.4) is 0 Å². The molecule has 0 saturated heterocycles. The Bertz CT molecular complexity index is 581. The van der Waals surface area contributed by atoms with E-state index in [1.807, 2.05) is 0 Å². The molecule has 5 nitrogen and oxygen atoms in total. The maximum atomic E-state index is 11.5. The van der Waals surface area contributed by atoms with Gasteiger partial charge in [0.05, 0.1) is 17.9 Å². The molecule has 19 heavy (non-hydrogen) atoms. The van der Waals surface area contributed by atoms with Gasteiger partial charge in [-0.2, -0.15) is 10.5 Å². The molecule has 1 rings (SSSR count). The Morgan fingerprint density at radius 2 is 2.16 bits per heavy atom. The fraction of sp³-hybridized carbons (Fsp3) is 0.154. The second-order valence-corrected chi connectivity index (χ2v) is 4.20. The zero-order valence-electron chi connectivity index (χ0n) is 10.1. The zero-order chi connectivity index (χ0) is 14.3. The highest BCUT2D eigenvalue weighted by molar-refractivity contribution is 9.10. The van der Waals surface area contributed by atoms with E-state index in [1.165, 1.54) is 6.20 Å². The number of carbonyl (C=O) groups excluding carboxylic acids is 1. The summed E-state index contributed by atoms with van der Waals surface area (Å²) in [6.07, 6.45) is 1.30. The quantitative estimate of drug-likeness (QED) is 0.681. The fourth-order valence-corrected chi connectivity index (χ4v) is 1.71. The van der Waals surface area contributed by atoms with Crippen LogP contribution in [-0.2, 0) is 4.74 Å². The van der Waals surface area contributed by atoms with Gasteiger partial charge in [0, 0.05) is 10.7 Å². The van der Waals surface area contributed by atoms with Gasteiger partial charge in [-0.05, 0) is 41.1 Å². The Morgan fingerprint density at radius 3 is 2.68 bits per heavy atom. The van der Waals surface area contributed by atoms with E-state index in [0.29, 0.717) is 22.3 Å². The first kappa shape index (κ1) is 14.7. The third-order valence-electron chi connectivity index (χ3n) is 2.09. The monoisotopic (exact) mass is 319 g/mol. The lowest BCUT2D eigenvalue weighted by atomic mass is 10.2. The average Bonchev–Trinajstić information content (AvgIpc) is 2.41. The van der Waals surface area contributed by atoms with E-state index in [9.17, 15) is 4.79 Å². The molecule has 0 saturated carbocycles. The fourth-order valence-electron chi connectivity index (χ4n) is 1.21. The van der Waals surface area contributed by atoms with Gasteiger partial charge < -0.3 is 10.1 Å². The lowest BCUT2D eigenvalue weighted by Crippen LogP contribution is -2.04. The Balaban J connectivity index is 2.91. The largest absolute Gasteiger partial charge is 0.462 e. The lowest BCUT2D eigenvalue weighted by Gasteiger charge is -2.06. The first-order valence-electron chi connectivity index (χ1n) is 5.36. The minimum absolute atomic E-state index is 0.0404. The van der Waals surface area contributed by atoms with Crippen LogP contribution in [0.1, 0.15) is 17.3 Å². The maximum Gasteiger partial charge on any atom is 0.338 e. The molecule has 0 atom stereocenters. The van der Waals surface area contributed by atoms with Crippen LogP contribution < -0.4 is 5.32 Å². The number of nitriles is 2. The number of hydrogen-bond acceptors (Lipinski definition) is 5. The number of rotatable bonds is 4. The van der Waals surface area contributed by atoms with Gasteiger partial charge in [0.1, 0.15) is 17.7 Å². The van der Waals surface area contributed by atoms with E-state index < -0.39 is 5.97 Å². The van der Waals surface area contributed by atoms with E-state index in [-0.39, 0.29) is 5.57 Å². The normalized spacial score (nSPS) is 8.84. The second-order valence-electron chi connectivity index (χ2n) is 3.34. The third kappa shape index (κ3) is 4.13. The molecular formula is C13H10BrN3O2. The summed E-state index contributed by atoms with van der Waals surface area (Å²) in [5, 5.41) is 20.0. The van der Waals surface area contributed by atoms with Gasteiger partial charge in [-0.25, -0.2) is 4.79 Å². The van der Waals surface area contributed by atoms with Crippen LogP contribution >= 0.6 is 15.9 Å². The summed E-state index contributed by atoms with van der Waals surface area (Å²) in [4.78, 5) is 11.5. The van der Waals surface area contributed by atoms with Crippen molar-refractivity contribution in [3.05, 3.63) is 40.0 Å². The van der Waals surface area contributed by atoms with E-state index in [4.69, 9.17) is 15.3 Å². The molecule has 0 aromatic heterocycles. The van der Waals surface area contributed by atoms with Gasteiger partial charge in [-0.15, -0.1) is 0 Å². The van der Waals surface area contributed by atoms with Crippen LogP contribution in [0, 0.1) is 22.7 Å². The number of halogens is 1. The Morgan fingerprint density at radius 1 is 1.47 bits per heavy atom. The van der Waals surface area contributed by atoms with Crippen LogP contribution in [-0.4, -0.2) is 12.6 Å². The summed E-state index contributed by atoms with van der Waals surface area (Å²) in [7, 11) is 0. The Labute approximate surface area is 119 Å². The topological polar surface area (TPSA) is 85.9 Å². The Hall–Kier alpha value is -2.31. The smallest absolute Gasteiger partial charge is 0.338 e. The van der Waals surface area contributed by atoms with Gasteiger partial charge in [0.25, 0.3) is 0 Å². The number of benzene rings is 1. The number of nitrogens with zero attached hydrogens (tertiary/aromatic N) is 2. The molecule has 0 spiro atoms. The molecule has 6 heteroatoms. The molecule has 1 aromatic carbocycles. The second kappa shape index (κ2) is 7.20. The molecule has 0 aliphatic rings. The van der Waals surface area contributed by atoms with Crippen molar-refractivity contribution in [3.63, 3.8) is 0 Å². The standard InChI is InChI=1S/C13H10BrN3O2/c1-2-19-13(18)10-3-4-12(11(14)5-10)17-8-9(6-15)7-16/h3-5,8,17H,2H2,1H3. The molecule has 0 unspecified atom stereocenters. The van der Waals surface area contributed by atoms with Gasteiger partial charge in [0.2, 0.25) is 0 Å². The first-order valence-corrected chi connectivity index (χ1v) is 6.15. The number of carbonyl (C=O) groups is 1. The first-order chi connectivity index (χ1) is 9.12. The van der Waals surface area contributed by atoms with Gasteiger partial charge in [0.15, 0.2) is 0 Å². The van der Waals surface area contributed by atoms with Crippen molar-refractivity contribution in [1.82, 2.24) is 0 Å². The van der Waals surface area contributed by atoms with Crippen molar-refractivity contribution in [2.75, 3.05) is 11.9 Å². The molecule has 0 heterocycles. The molecule has 0 radical (unpaired) electrons. The molecule has 0 aliphatic carbocycles. The minimum atomic E-state index is -0.403. The van der Waals surface area contributed by atoms with Crippen LogP contribution in [0.15, 0.2) is 34.4 Å². The molecule has 0 bridgehead atoms. The summed E-state index contributed by atoms with van der Waals surface area (Å²) in [5.41, 5.74) is 1.02. The van der Waals surface area contributed by atoms with E-state index >= 15 is 0 Å². The average molecular weight is 320 g/mol. The number of anilines is 1. The molecule has 1 N–H and O–H groups in total. The minimum Gasteiger partial charge on any atom is -0.462 e. The van der Waals surface area contributed by atoms with Crippen LogP contribution in [0.2, 0.25) is 0 Å². The summed E-state index contributed by atoms with van der Waals surface area (Å²) < 4.78 is 5.51. The molecule has 96 valence electrons. The summed E-state index contributed by atoms with van der Waals surface area (Å²) >= 11 is 3.30. The summed E-state index contributed by atoms with van der Waals surface area (Å²) in [5.74, 6) is -0.403. The highest BCUT2D eigenvalue weighted by atomic mass is 79.9. The molecule has 0 aliphatic heterocycles. The van der Waals surface area contributed by atoms with Crippen molar-refractivity contribution in [2.24, 2.45) is 0 Å². The van der Waals surface area contributed by atoms with Crippen LogP contribution in [0.5, 0.6) is 0 Å². The summed E-state index contributed by atoms with van der Waals surface area (Å²) in [6.45, 7) is 2.05. The Kier molecular flexibility index (Phi) is 5.59. The van der Waals surface area contributed by atoms with Crippen molar-refractivity contribution < 1.29 is 9.53 Å². The molecule has 0 fully saturated rings. The number of esters is 1. The maximum absolute atomic E-state index is 11.5. The van der Waals surface area contributed by atoms with Crippen molar-refractivity contribution in [2.45, 2.75) is 6.92 Å². The van der Waals surface area contributed by atoms with Crippen molar-refractivity contribution in [3.8, 4) is 12.1 Å². The zero-order valence-corrected chi connectivity index (χ0v) is 11.7. The number of allylic oxidation sites excluding steroid dienone is 1. The highest BCUT2D eigenvalue weighted by Gasteiger charge is 2.08. The summed E-state index contributed by atoms with van der Waals surface area (Å²) in [6, 6.07) is 8.32. The molecule has 0 amide bonds. The van der Waals surface area contributed by atoms with Crippen molar-refractivity contribution in [1.29, 1.82) is 10.5 Å². The van der Waals surface area contributed by atoms with Gasteiger partial charge in [-0.3, -0.25) is 0 Å². The molecule has 1 aromatic rings. The third-order valence-corrected chi connectivity index (χ3v) is 2.75. The van der Waals surface area contributed by atoms with Crippen LogP contribution in [0.25, 0.3) is 0 Å². The van der Waals surface area contributed by atoms with Crippen LogP contribution in [0.4, 0.5) is 5.69 Å². The number of ether oxygens (including phenoxy) is 1. The van der Waals surface area contributed by atoms with Gasteiger partial charge in [-0.1, -0.05) is 0 Å². The SMILES string of the molecule is CCOC(=O)c1ccc(NC=C(C#N)C#N)c(Br)c1. The molecular weight excluding hydrogens is 310 g/mol. The van der Waals surface area contributed by atoms with E-state index in [0.717, 1.165) is 0 Å². The van der Waals surface area contributed by atoms with E-state index in [2.05, 4.69) is 21.2 Å². The predicted octanol–water partition coefficient (Wildman–Crippen LogP) is 2.97. The van der Waals surface area contributed by atoms with Crippen molar-refractivity contribution >= 4 is 27.6 Å².